The van der Waals surface area contributed by atoms with E-state index in [1.165, 1.54) is 6.26 Å². The average Bonchev–Trinajstić information content (AvgIpc) is 2.12. The Bertz CT molecular complexity index is 509. The Morgan fingerprint density at radius 1 is 1.38 bits per heavy atom. The van der Waals surface area contributed by atoms with Crippen LogP contribution in [0.15, 0.2) is 33.7 Å². The fourth-order valence-electron chi connectivity index (χ4n) is 1.20. The van der Waals surface area contributed by atoms with Crippen LogP contribution in [-0.2, 0) is 0 Å². The molecule has 0 unspecified atom stereocenters. The Morgan fingerprint density at radius 2 is 2.15 bits per heavy atom. The molecule has 0 saturated heterocycles. The highest BCUT2D eigenvalue weighted by molar-refractivity contribution is 6.31. The number of hydrogen-bond acceptors (Lipinski definition) is 2. The second-order valence-electron chi connectivity index (χ2n) is 2.89. The third-order valence-electron chi connectivity index (χ3n) is 1.91. The molecule has 2 nitrogen and oxygen atoms in total. The lowest BCUT2D eigenvalue weighted by molar-refractivity contribution is 0.597. The average molecular weight is 195 g/mol. The topological polar surface area (TPSA) is 30.2 Å². The van der Waals surface area contributed by atoms with Gasteiger partial charge in [-0.15, -0.1) is 0 Å². The molecule has 2 rings (SSSR count). The maximum Gasteiger partial charge on any atom is 0.195 e. The summed E-state index contributed by atoms with van der Waals surface area (Å²) in [6.45, 7) is 1.71. The molecule has 1 aromatic carbocycles. The first kappa shape index (κ1) is 8.32. The smallest absolute Gasteiger partial charge is 0.195 e. The van der Waals surface area contributed by atoms with E-state index in [9.17, 15) is 4.79 Å². The van der Waals surface area contributed by atoms with Crippen molar-refractivity contribution in [1.82, 2.24) is 0 Å². The zero-order chi connectivity index (χ0) is 9.42. The molecule has 13 heavy (non-hydrogen) atoms. The Balaban J connectivity index is 2.97. The highest BCUT2D eigenvalue weighted by Gasteiger charge is 2.03. The van der Waals surface area contributed by atoms with Crippen molar-refractivity contribution >= 4 is 22.6 Å². The van der Waals surface area contributed by atoms with Crippen molar-refractivity contribution < 1.29 is 4.42 Å². The molecule has 0 spiro atoms. The highest BCUT2D eigenvalue weighted by atomic mass is 35.5. The first-order chi connectivity index (χ1) is 6.18. The molecule has 0 fully saturated rings. The molecular weight excluding hydrogens is 188 g/mol. The molecule has 2 aromatic rings. The fraction of sp³-hybridized carbons (Fsp3) is 0.100. The summed E-state index contributed by atoms with van der Waals surface area (Å²) in [5.74, 6) is 0. The van der Waals surface area contributed by atoms with E-state index in [-0.39, 0.29) is 5.43 Å². The van der Waals surface area contributed by atoms with E-state index < -0.39 is 0 Å². The van der Waals surface area contributed by atoms with Gasteiger partial charge in [-0.25, -0.2) is 0 Å². The van der Waals surface area contributed by atoms with E-state index in [1.807, 2.05) is 0 Å². The second kappa shape index (κ2) is 2.89. The molecule has 0 aliphatic carbocycles. The molecule has 0 saturated carbocycles. The Labute approximate surface area is 79.7 Å². The molecule has 0 radical (unpaired) electrons. The zero-order valence-corrected chi connectivity index (χ0v) is 7.76. The summed E-state index contributed by atoms with van der Waals surface area (Å²) in [6, 6.07) is 5.01. The van der Waals surface area contributed by atoms with Crippen molar-refractivity contribution in [2.24, 2.45) is 0 Å². The van der Waals surface area contributed by atoms with E-state index in [0.29, 0.717) is 21.6 Å². The van der Waals surface area contributed by atoms with Crippen LogP contribution in [0.5, 0.6) is 0 Å². The van der Waals surface area contributed by atoms with Gasteiger partial charge in [0.1, 0.15) is 5.58 Å². The predicted molar refractivity (Wildman–Crippen MR) is 52.2 cm³/mol. The third kappa shape index (κ3) is 1.33. The van der Waals surface area contributed by atoms with Crippen LogP contribution < -0.4 is 5.43 Å². The van der Waals surface area contributed by atoms with Gasteiger partial charge in [0.25, 0.3) is 0 Å². The standard InChI is InChI=1S/C10H7ClO2/c1-6-5-13-9-3-2-7(11)4-8(9)10(6)12/h2-5H,1H3. The molecule has 66 valence electrons. The van der Waals surface area contributed by atoms with Gasteiger partial charge in [0, 0.05) is 10.6 Å². The van der Waals surface area contributed by atoms with Crippen LogP contribution in [0.3, 0.4) is 0 Å². The molecule has 0 atom stereocenters. The minimum atomic E-state index is -0.0243. The number of hydrogen-bond donors (Lipinski definition) is 0. The number of benzene rings is 1. The number of fused-ring (bicyclic) bond motifs is 1. The van der Waals surface area contributed by atoms with E-state index in [0.717, 1.165) is 0 Å². The van der Waals surface area contributed by atoms with Crippen LogP contribution in [-0.4, -0.2) is 0 Å². The van der Waals surface area contributed by atoms with Crippen LogP contribution >= 0.6 is 11.6 Å². The second-order valence-corrected chi connectivity index (χ2v) is 3.32. The summed E-state index contributed by atoms with van der Waals surface area (Å²) in [4.78, 5) is 11.6. The Kier molecular flexibility index (Phi) is 1.85. The molecule has 3 heteroatoms. The lowest BCUT2D eigenvalue weighted by Crippen LogP contribution is -2.03. The number of halogens is 1. The minimum absolute atomic E-state index is 0.0243. The lowest BCUT2D eigenvalue weighted by Gasteiger charge is -1.97. The minimum Gasteiger partial charge on any atom is -0.464 e. The van der Waals surface area contributed by atoms with Crippen molar-refractivity contribution in [3.8, 4) is 0 Å². The maximum absolute atomic E-state index is 11.6. The Hall–Kier alpha value is -1.28. The normalized spacial score (nSPS) is 10.6. The van der Waals surface area contributed by atoms with Gasteiger partial charge in [0.15, 0.2) is 5.43 Å². The summed E-state index contributed by atoms with van der Waals surface area (Å²) in [5.41, 5.74) is 1.14. The van der Waals surface area contributed by atoms with Gasteiger partial charge in [-0.2, -0.15) is 0 Å². The van der Waals surface area contributed by atoms with Gasteiger partial charge in [-0.1, -0.05) is 11.6 Å². The number of aryl methyl sites for hydroxylation is 1. The van der Waals surface area contributed by atoms with E-state index in [1.54, 1.807) is 25.1 Å². The predicted octanol–water partition coefficient (Wildman–Crippen LogP) is 2.75. The fourth-order valence-corrected chi connectivity index (χ4v) is 1.37. The van der Waals surface area contributed by atoms with Gasteiger partial charge >= 0.3 is 0 Å². The summed E-state index contributed by atoms with van der Waals surface area (Å²) in [6.07, 6.45) is 1.46. The van der Waals surface area contributed by atoms with Crippen molar-refractivity contribution in [2.75, 3.05) is 0 Å². The van der Waals surface area contributed by atoms with Crippen molar-refractivity contribution in [3.63, 3.8) is 0 Å². The van der Waals surface area contributed by atoms with Crippen LogP contribution in [0.4, 0.5) is 0 Å². The molecule has 1 aromatic heterocycles. The van der Waals surface area contributed by atoms with Crippen LogP contribution in [0.1, 0.15) is 5.56 Å². The summed E-state index contributed by atoms with van der Waals surface area (Å²) >= 11 is 5.76. The van der Waals surface area contributed by atoms with Crippen LogP contribution in [0, 0.1) is 6.92 Å². The first-order valence-electron chi connectivity index (χ1n) is 3.86. The van der Waals surface area contributed by atoms with Gasteiger partial charge in [-0.3, -0.25) is 4.79 Å². The summed E-state index contributed by atoms with van der Waals surface area (Å²) in [7, 11) is 0. The third-order valence-corrected chi connectivity index (χ3v) is 2.14. The molecular formula is C10H7ClO2. The molecule has 1 heterocycles. The van der Waals surface area contributed by atoms with E-state index in [4.69, 9.17) is 16.0 Å². The van der Waals surface area contributed by atoms with Crippen molar-refractivity contribution in [2.45, 2.75) is 6.92 Å². The molecule has 0 aliphatic rings. The van der Waals surface area contributed by atoms with Crippen LogP contribution in [0.2, 0.25) is 5.02 Å². The zero-order valence-electron chi connectivity index (χ0n) is 7.00. The lowest BCUT2D eigenvalue weighted by atomic mass is 10.2. The van der Waals surface area contributed by atoms with Crippen molar-refractivity contribution in [3.05, 3.63) is 45.3 Å². The first-order valence-corrected chi connectivity index (χ1v) is 4.24. The van der Waals surface area contributed by atoms with E-state index >= 15 is 0 Å². The summed E-state index contributed by atoms with van der Waals surface area (Å²) in [5, 5.41) is 1.08. The number of rotatable bonds is 0. The highest BCUT2D eigenvalue weighted by Crippen LogP contribution is 2.16. The van der Waals surface area contributed by atoms with Gasteiger partial charge in [0.2, 0.25) is 0 Å². The molecule has 0 aliphatic heterocycles. The monoisotopic (exact) mass is 194 g/mol. The quantitative estimate of drug-likeness (QED) is 0.646. The summed E-state index contributed by atoms with van der Waals surface area (Å²) < 4.78 is 5.22. The van der Waals surface area contributed by atoms with Gasteiger partial charge in [0.05, 0.1) is 11.6 Å². The Morgan fingerprint density at radius 3 is 2.92 bits per heavy atom. The van der Waals surface area contributed by atoms with Gasteiger partial charge < -0.3 is 4.42 Å². The molecule has 0 N–H and O–H groups in total. The molecule has 0 amide bonds. The largest absolute Gasteiger partial charge is 0.464 e. The van der Waals surface area contributed by atoms with Crippen LogP contribution in [0.25, 0.3) is 11.0 Å². The maximum atomic E-state index is 11.6. The molecule has 0 bridgehead atoms. The van der Waals surface area contributed by atoms with Gasteiger partial charge in [-0.05, 0) is 25.1 Å². The van der Waals surface area contributed by atoms with E-state index in [2.05, 4.69) is 0 Å². The SMILES string of the molecule is Cc1coc2ccc(Cl)cc2c1=O. The van der Waals surface area contributed by atoms with Crippen molar-refractivity contribution in [1.29, 1.82) is 0 Å².